The molecule has 0 spiro atoms. The van der Waals surface area contributed by atoms with Gasteiger partial charge in [-0.05, 0) is 25.0 Å². The van der Waals surface area contributed by atoms with Gasteiger partial charge in [-0.2, -0.15) is 0 Å². The summed E-state index contributed by atoms with van der Waals surface area (Å²) in [7, 11) is 0. The number of nitrogens with two attached hydrogens (primary N) is 1. The van der Waals surface area contributed by atoms with E-state index in [2.05, 4.69) is 15.7 Å². The van der Waals surface area contributed by atoms with E-state index in [9.17, 15) is 4.79 Å². The molecule has 0 radical (unpaired) electrons. The maximum Gasteiger partial charge on any atom is 0.227 e. The Hall–Kier alpha value is -1.62. The van der Waals surface area contributed by atoms with Gasteiger partial charge in [-0.25, -0.2) is 10.8 Å². The van der Waals surface area contributed by atoms with Crippen molar-refractivity contribution in [2.75, 3.05) is 10.7 Å². The molecule has 1 aromatic heterocycles. The van der Waals surface area contributed by atoms with Gasteiger partial charge in [-0.3, -0.25) is 4.79 Å². The zero-order valence-electron chi connectivity index (χ0n) is 7.66. The van der Waals surface area contributed by atoms with Crippen LogP contribution in [0.3, 0.4) is 0 Å². The number of carbonyl (C=O) groups is 1. The summed E-state index contributed by atoms with van der Waals surface area (Å²) < 4.78 is 0. The smallest absolute Gasteiger partial charge is 0.227 e. The van der Waals surface area contributed by atoms with Crippen LogP contribution in [0.15, 0.2) is 18.3 Å². The molecule has 1 aliphatic rings. The first-order valence-electron chi connectivity index (χ1n) is 4.53. The van der Waals surface area contributed by atoms with E-state index in [1.54, 1.807) is 18.3 Å². The molecule has 0 saturated heterocycles. The van der Waals surface area contributed by atoms with Crippen LogP contribution >= 0.6 is 0 Å². The summed E-state index contributed by atoms with van der Waals surface area (Å²) in [4.78, 5) is 15.3. The topological polar surface area (TPSA) is 80.0 Å². The number of hydrogen-bond donors (Lipinski definition) is 3. The third kappa shape index (κ3) is 2.00. The van der Waals surface area contributed by atoms with Crippen LogP contribution in [0.5, 0.6) is 0 Å². The molecule has 0 atom stereocenters. The Kier molecular flexibility index (Phi) is 2.32. The maximum absolute atomic E-state index is 11.3. The van der Waals surface area contributed by atoms with Gasteiger partial charge < -0.3 is 10.7 Å². The van der Waals surface area contributed by atoms with Gasteiger partial charge in [0.05, 0.1) is 11.9 Å². The number of nitrogens with zero attached hydrogens (tertiary/aromatic N) is 1. The van der Waals surface area contributed by atoms with Crippen molar-refractivity contribution >= 4 is 17.4 Å². The number of hydrogen-bond acceptors (Lipinski definition) is 4. The minimum atomic E-state index is 0.0836. The van der Waals surface area contributed by atoms with Crippen LogP contribution in [0.2, 0.25) is 0 Å². The van der Waals surface area contributed by atoms with Crippen molar-refractivity contribution in [1.29, 1.82) is 0 Å². The first-order valence-corrected chi connectivity index (χ1v) is 4.53. The second-order valence-electron chi connectivity index (χ2n) is 3.34. The van der Waals surface area contributed by atoms with E-state index < -0.39 is 0 Å². The Bertz CT molecular complexity index is 331. The lowest BCUT2D eigenvalue weighted by Crippen LogP contribution is -2.14. The zero-order chi connectivity index (χ0) is 9.97. The van der Waals surface area contributed by atoms with Crippen molar-refractivity contribution in [3.8, 4) is 0 Å². The minimum Gasteiger partial charge on any atom is -0.324 e. The molecule has 0 aromatic carbocycles. The molecule has 1 amide bonds. The van der Waals surface area contributed by atoms with E-state index in [4.69, 9.17) is 5.84 Å². The molecule has 5 heteroatoms. The number of nitrogen functional groups attached to an aromatic ring is 1. The first kappa shape index (κ1) is 8.96. The van der Waals surface area contributed by atoms with E-state index in [1.165, 1.54) is 0 Å². The monoisotopic (exact) mass is 192 g/mol. The van der Waals surface area contributed by atoms with E-state index in [0.717, 1.165) is 12.8 Å². The Morgan fingerprint density at radius 1 is 1.50 bits per heavy atom. The van der Waals surface area contributed by atoms with Crippen LogP contribution in [0.4, 0.5) is 11.5 Å². The molecule has 1 heterocycles. The number of pyridine rings is 1. The van der Waals surface area contributed by atoms with E-state index in [0.29, 0.717) is 11.5 Å². The summed E-state index contributed by atoms with van der Waals surface area (Å²) in [5.41, 5.74) is 3.13. The van der Waals surface area contributed by atoms with Crippen LogP contribution < -0.4 is 16.6 Å². The van der Waals surface area contributed by atoms with Crippen molar-refractivity contribution in [2.24, 2.45) is 11.8 Å². The van der Waals surface area contributed by atoms with Gasteiger partial charge in [-0.15, -0.1) is 0 Å². The highest BCUT2D eigenvalue weighted by atomic mass is 16.2. The Balaban J connectivity index is 1.98. The minimum absolute atomic E-state index is 0.0836. The number of aromatic nitrogens is 1. The van der Waals surface area contributed by atoms with Crippen molar-refractivity contribution in [3.63, 3.8) is 0 Å². The fourth-order valence-electron chi connectivity index (χ4n) is 1.14. The number of anilines is 2. The van der Waals surface area contributed by atoms with Gasteiger partial charge in [0.1, 0.15) is 5.82 Å². The fraction of sp³-hybridized carbons (Fsp3) is 0.333. The molecule has 0 unspecified atom stereocenters. The Morgan fingerprint density at radius 2 is 2.29 bits per heavy atom. The van der Waals surface area contributed by atoms with Gasteiger partial charge in [0, 0.05) is 5.92 Å². The number of amides is 1. The third-order valence-corrected chi connectivity index (χ3v) is 2.13. The zero-order valence-corrected chi connectivity index (χ0v) is 7.66. The molecule has 2 rings (SSSR count). The predicted octanol–water partition coefficient (Wildman–Crippen LogP) is 0.716. The molecule has 4 N–H and O–H groups in total. The molecule has 1 saturated carbocycles. The largest absolute Gasteiger partial charge is 0.324 e. The van der Waals surface area contributed by atoms with Gasteiger partial charge in [0.25, 0.3) is 0 Å². The molecular formula is C9H12N4O. The lowest BCUT2D eigenvalue weighted by Gasteiger charge is -2.04. The molecule has 14 heavy (non-hydrogen) atoms. The van der Waals surface area contributed by atoms with Crippen molar-refractivity contribution in [3.05, 3.63) is 18.3 Å². The summed E-state index contributed by atoms with van der Waals surface area (Å²) in [6.45, 7) is 0. The molecule has 1 fully saturated rings. The molecule has 5 nitrogen and oxygen atoms in total. The summed E-state index contributed by atoms with van der Waals surface area (Å²) >= 11 is 0. The Morgan fingerprint density at radius 3 is 2.79 bits per heavy atom. The summed E-state index contributed by atoms with van der Waals surface area (Å²) in [6.07, 6.45) is 3.58. The maximum atomic E-state index is 11.3. The van der Waals surface area contributed by atoms with Crippen molar-refractivity contribution < 1.29 is 4.79 Å². The molecule has 74 valence electrons. The van der Waals surface area contributed by atoms with E-state index in [-0.39, 0.29) is 11.8 Å². The summed E-state index contributed by atoms with van der Waals surface area (Å²) in [5.74, 6) is 6.03. The SMILES string of the molecule is NNc1ccc(NC(=O)C2CC2)cn1. The highest BCUT2D eigenvalue weighted by Gasteiger charge is 2.29. The first-order chi connectivity index (χ1) is 6.79. The lowest BCUT2D eigenvalue weighted by molar-refractivity contribution is -0.117. The van der Waals surface area contributed by atoms with Crippen molar-refractivity contribution in [2.45, 2.75) is 12.8 Å². The van der Waals surface area contributed by atoms with E-state index >= 15 is 0 Å². The lowest BCUT2D eigenvalue weighted by atomic mass is 10.3. The van der Waals surface area contributed by atoms with Crippen molar-refractivity contribution in [1.82, 2.24) is 4.98 Å². The summed E-state index contributed by atoms with van der Waals surface area (Å²) in [5, 5.41) is 2.79. The summed E-state index contributed by atoms with van der Waals surface area (Å²) in [6, 6.07) is 3.48. The average Bonchev–Trinajstić information content (AvgIpc) is 3.02. The number of hydrazine groups is 1. The second kappa shape index (κ2) is 3.63. The number of carbonyl (C=O) groups excluding carboxylic acids is 1. The van der Waals surface area contributed by atoms with Crippen LogP contribution in [-0.2, 0) is 4.79 Å². The number of nitrogens with one attached hydrogen (secondary N) is 2. The molecule has 1 aliphatic carbocycles. The Labute approximate surface area is 81.7 Å². The molecule has 0 aliphatic heterocycles. The quantitative estimate of drug-likeness (QED) is 0.487. The van der Waals surface area contributed by atoms with Gasteiger partial charge in [-0.1, -0.05) is 0 Å². The van der Waals surface area contributed by atoms with Gasteiger partial charge in [0.2, 0.25) is 5.91 Å². The predicted molar refractivity (Wildman–Crippen MR) is 53.4 cm³/mol. The highest BCUT2D eigenvalue weighted by Crippen LogP contribution is 2.30. The van der Waals surface area contributed by atoms with Crippen LogP contribution in [0, 0.1) is 5.92 Å². The normalized spacial score (nSPS) is 14.9. The van der Waals surface area contributed by atoms with Crippen LogP contribution in [-0.4, -0.2) is 10.9 Å². The number of rotatable bonds is 3. The van der Waals surface area contributed by atoms with Crippen LogP contribution in [0.1, 0.15) is 12.8 Å². The standard InChI is InChI=1S/C9H12N4O/c10-13-8-4-3-7(5-11-8)12-9(14)6-1-2-6/h3-6H,1-2,10H2,(H,11,13)(H,12,14). The fourth-order valence-corrected chi connectivity index (χ4v) is 1.14. The molecule has 1 aromatic rings. The highest BCUT2D eigenvalue weighted by molar-refractivity contribution is 5.93. The second-order valence-corrected chi connectivity index (χ2v) is 3.34. The van der Waals surface area contributed by atoms with Gasteiger partial charge >= 0.3 is 0 Å². The van der Waals surface area contributed by atoms with Gasteiger partial charge in [0.15, 0.2) is 0 Å². The molecular weight excluding hydrogens is 180 g/mol. The molecule has 0 bridgehead atoms. The third-order valence-electron chi connectivity index (χ3n) is 2.13. The average molecular weight is 192 g/mol. The van der Waals surface area contributed by atoms with E-state index in [1.807, 2.05) is 0 Å². The van der Waals surface area contributed by atoms with Crippen LogP contribution in [0.25, 0.3) is 0 Å².